The zero-order valence-electron chi connectivity index (χ0n) is 10.6. The van der Waals surface area contributed by atoms with Crippen LogP contribution in [-0.4, -0.2) is 33.8 Å². The summed E-state index contributed by atoms with van der Waals surface area (Å²) in [7, 11) is -2.54. The van der Waals surface area contributed by atoms with Crippen molar-refractivity contribution in [1.29, 1.82) is 0 Å². The second-order valence-electron chi connectivity index (χ2n) is 3.85. The van der Waals surface area contributed by atoms with E-state index in [0.29, 0.717) is 5.02 Å². The van der Waals surface area contributed by atoms with Gasteiger partial charge >= 0.3 is 5.97 Å². The quantitative estimate of drug-likeness (QED) is 0.797. The third-order valence-electron chi connectivity index (χ3n) is 2.40. The molecule has 0 aliphatic rings. The van der Waals surface area contributed by atoms with E-state index < -0.39 is 22.0 Å². The lowest BCUT2D eigenvalue weighted by Gasteiger charge is -2.28. The molecular weight excluding hydrogens is 313 g/mol. The number of esters is 1. The molecule has 5 nitrogen and oxygen atoms in total. The lowest BCUT2D eigenvalue weighted by Crippen LogP contribution is -2.43. The summed E-state index contributed by atoms with van der Waals surface area (Å²) in [6, 6.07) is 3.32. The topological polar surface area (TPSA) is 63.7 Å². The number of nitrogens with zero attached hydrogens (tertiary/aromatic N) is 1. The Kier molecular flexibility index (Phi) is 5.06. The van der Waals surface area contributed by atoms with E-state index >= 15 is 0 Å². The molecule has 1 rings (SSSR count). The summed E-state index contributed by atoms with van der Waals surface area (Å²) in [5.74, 6) is -0.693. The maximum absolute atomic E-state index is 11.9. The zero-order chi connectivity index (χ0) is 14.8. The summed E-state index contributed by atoms with van der Waals surface area (Å²) in [6.45, 7) is 1.41. The summed E-state index contributed by atoms with van der Waals surface area (Å²) in [5.41, 5.74) is 0.134. The molecule has 0 radical (unpaired) electrons. The summed E-state index contributed by atoms with van der Waals surface area (Å²) < 4.78 is 29.2. The van der Waals surface area contributed by atoms with Gasteiger partial charge in [-0.05, 0) is 25.1 Å². The molecule has 0 N–H and O–H groups in total. The van der Waals surface area contributed by atoms with E-state index in [-0.39, 0.29) is 10.7 Å². The van der Waals surface area contributed by atoms with Gasteiger partial charge in [-0.25, -0.2) is 13.2 Å². The Morgan fingerprint density at radius 3 is 2.42 bits per heavy atom. The first-order chi connectivity index (χ1) is 8.68. The molecule has 0 saturated heterocycles. The number of carbonyl (C=O) groups is 1. The van der Waals surface area contributed by atoms with Crippen molar-refractivity contribution in [3.8, 4) is 0 Å². The lowest BCUT2D eigenvalue weighted by molar-refractivity contribution is -0.141. The Bertz CT molecular complexity index is 588. The first-order valence-corrected chi connectivity index (χ1v) is 7.81. The maximum atomic E-state index is 11.9. The van der Waals surface area contributed by atoms with Crippen molar-refractivity contribution >= 4 is 44.9 Å². The van der Waals surface area contributed by atoms with Crippen molar-refractivity contribution in [2.24, 2.45) is 0 Å². The molecule has 1 atom stereocenters. The second-order valence-corrected chi connectivity index (χ2v) is 6.56. The smallest absolute Gasteiger partial charge is 0.329 e. The fourth-order valence-electron chi connectivity index (χ4n) is 1.60. The largest absolute Gasteiger partial charge is 0.467 e. The standard InChI is InChI=1S/C11H13Cl2NO4S/c1-7(11(15)18-2)14(19(3,16)17)10-6-8(12)4-5-9(10)13/h4-7H,1-3H3. The van der Waals surface area contributed by atoms with Crippen molar-refractivity contribution < 1.29 is 17.9 Å². The molecule has 0 saturated carbocycles. The molecule has 1 aromatic carbocycles. The van der Waals surface area contributed by atoms with Crippen molar-refractivity contribution in [1.82, 2.24) is 0 Å². The molecule has 0 heterocycles. The van der Waals surface area contributed by atoms with Crippen LogP contribution in [0, 0.1) is 0 Å². The third-order valence-corrected chi connectivity index (χ3v) is 4.18. The number of sulfonamides is 1. The first-order valence-electron chi connectivity index (χ1n) is 5.20. The van der Waals surface area contributed by atoms with Crippen LogP contribution in [0.25, 0.3) is 0 Å². The molecule has 19 heavy (non-hydrogen) atoms. The van der Waals surface area contributed by atoms with E-state index in [1.807, 2.05) is 0 Å². The molecule has 8 heteroatoms. The van der Waals surface area contributed by atoms with Crippen LogP contribution in [0.5, 0.6) is 0 Å². The highest BCUT2D eigenvalue weighted by Gasteiger charge is 2.31. The minimum Gasteiger partial charge on any atom is -0.467 e. The number of rotatable bonds is 4. The van der Waals surface area contributed by atoms with Crippen molar-refractivity contribution in [3.63, 3.8) is 0 Å². The van der Waals surface area contributed by atoms with Gasteiger partial charge in [-0.1, -0.05) is 23.2 Å². The van der Waals surface area contributed by atoms with E-state index in [1.54, 1.807) is 0 Å². The second kappa shape index (κ2) is 5.98. The molecule has 0 aliphatic heterocycles. The highest BCUT2D eigenvalue weighted by atomic mass is 35.5. The monoisotopic (exact) mass is 325 g/mol. The molecule has 1 aromatic rings. The van der Waals surface area contributed by atoms with E-state index in [9.17, 15) is 13.2 Å². The number of benzene rings is 1. The van der Waals surface area contributed by atoms with Gasteiger partial charge in [0.2, 0.25) is 10.0 Å². The highest BCUT2D eigenvalue weighted by molar-refractivity contribution is 7.92. The number of hydrogen-bond acceptors (Lipinski definition) is 4. The van der Waals surface area contributed by atoms with Gasteiger partial charge in [0.15, 0.2) is 0 Å². The van der Waals surface area contributed by atoms with Crippen LogP contribution in [0.3, 0.4) is 0 Å². The molecule has 0 aliphatic carbocycles. The van der Waals surface area contributed by atoms with Gasteiger partial charge in [-0.15, -0.1) is 0 Å². The minimum atomic E-state index is -3.72. The van der Waals surface area contributed by atoms with E-state index in [4.69, 9.17) is 23.2 Å². The predicted octanol–water partition coefficient (Wildman–Crippen LogP) is 2.32. The van der Waals surface area contributed by atoms with Crippen LogP contribution in [-0.2, 0) is 19.6 Å². The average Bonchev–Trinajstić information content (AvgIpc) is 2.31. The number of anilines is 1. The molecule has 1 unspecified atom stereocenters. The van der Waals surface area contributed by atoms with Gasteiger partial charge in [0.1, 0.15) is 6.04 Å². The molecule has 0 aromatic heterocycles. The molecule has 0 fully saturated rings. The van der Waals surface area contributed by atoms with E-state index in [1.165, 1.54) is 32.2 Å². The summed E-state index contributed by atoms with van der Waals surface area (Å²) >= 11 is 11.8. The van der Waals surface area contributed by atoms with Gasteiger partial charge in [0.25, 0.3) is 0 Å². The van der Waals surface area contributed by atoms with Gasteiger partial charge in [-0.2, -0.15) is 0 Å². The number of hydrogen-bond donors (Lipinski definition) is 0. The fraction of sp³-hybridized carbons (Fsp3) is 0.364. The SMILES string of the molecule is COC(=O)C(C)N(c1cc(Cl)ccc1Cl)S(C)(=O)=O. The molecule has 0 spiro atoms. The zero-order valence-corrected chi connectivity index (χ0v) is 12.9. The highest BCUT2D eigenvalue weighted by Crippen LogP contribution is 2.32. The van der Waals surface area contributed by atoms with E-state index in [0.717, 1.165) is 10.6 Å². The lowest BCUT2D eigenvalue weighted by atomic mass is 10.2. The maximum Gasteiger partial charge on any atom is 0.329 e. The molecule has 0 amide bonds. The predicted molar refractivity (Wildman–Crippen MR) is 75.3 cm³/mol. The Morgan fingerprint density at radius 2 is 1.95 bits per heavy atom. The van der Waals surface area contributed by atoms with Crippen molar-refractivity contribution in [2.75, 3.05) is 17.7 Å². The number of halogens is 2. The van der Waals surface area contributed by atoms with Crippen LogP contribution in [0.1, 0.15) is 6.92 Å². The van der Waals surface area contributed by atoms with Crippen LogP contribution in [0.4, 0.5) is 5.69 Å². The first kappa shape index (κ1) is 16.1. The number of methoxy groups -OCH3 is 1. The normalized spacial score (nSPS) is 12.9. The summed E-state index contributed by atoms with van der Waals surface area (Å²) in [4.78, 5) is 11.6. The van der Waals surface area contributed by atoms with E-state index in [2.05, 4.69) is 4.74 Å². The van der Waals surface area contributed by atoms with Crippen molar-refractivity contribution in [2.45, 2.75) is 13.0 Å². The number of ether oxygens (including phenoxy) is 1. The fourth-order valence-corrected chi connectivity index (χ4v) is 3.19. The minimum absolute atomic E-state index is 0.134. The van der Waals surface area contributed by atoms with Crippen LogP contribution in [0.15, 0.2) is 18.2 Å². The van der Waals surface area contributed by atoms with Crippen LogP contribution in [0.2, 0.25) is 10.0 Å². The van der Waals surface area contributed by atoms with Gasteiger partial charge in [0, 0.05) is 5.02 Å². The summed E-state index contributed by atoms with van der Waals surface area (Å²) in [5, 5.41) is 0.482. The van der Waals surface area contributed by atoms with Crippen molar-refractivity contribution in [3.05, 3.63) is 28.2 Å². The summed E-state index contributed by atoms with van der Waals surface area (Å²) in [6.07, 6.45) is 0.976. The molecular formula is C11H13Cl2NO4S. The Hall–Kier alpha value is -0.980. The average molecular weight is 326 g/mol. The molecule has 106 valence electrons. The third kappa shape index (κ3) is 3.75. The Labute approximate surface area is 122 Å². The van der Waals surface area contributed by atoms with Crippen LogP contribution < -0.4 is 4.31 Å². The van der Waals surface area contributed by atoms with Gasteiger partial charge in [0.05, 0.1) is 24.1 Å². The molecule has 0 bridgehead atoms. The van der Waals surface area contributed by atoms with Crippen LogP contribution >= 0.6 is 23.2 Å². The Balaban J connectivity index is 3.41. The number of carbonyl (C=O) groups excluding carboxylic acids is 1. The Morgan fingerprint density at radius 1 is 1.37 bits per heavy atom. The van der Waals surface area contributed by atoms with Gasteiger partial charge < -0.3 is 4.74 Å². The van der Waals surface area contributed by atoms with Gasteiger partial charge in [-0.3, -0.25) is 4.31 Å².